The molecule has 0 bridgehead atoms. The zero-order valence-corrected chi connectivity index (χ0v) is 15.9. The van der Waals surface area contributed by atoms with Gasteiger partial charge in [-0.15, -0.1) is 0 Å². The molecule has 26 heavy (non-hydrogen) atoms. The van der Waals surface area contributed by atoms with Crippen molar-refractivity contribution in [1.82, 2.24) is 14.9 Å². The first-order valence-corrected chi connectivity index (χ1v) is 8.51. The van der Waals surface area contributed by atoms with Crippen molar-refractivity contribution >= 4 is 29.3 Å². The Morgan fingerprint density at radius 3 is 2.58 bits per heavy atom. The summed E-state index contributed by atoms with van der Waals surface area (Å²) < 4.78 is 0. The monoisotopic (exact) mass is 354 g/mol. The molecule has 3 N–H and O–H groups in total. The number of aryl methyl sites for hydroxylation is 1. The van der Waals surface area contributed by atoms with Crippen LogP contribution in [-0.4, -0.2) is 47.6 Å². The Hall–Kier alpha value is -2.96. The van der Waals surface area contributed by atoms with E-state index in [1.807, 2.05) is 13.0 Å². The Kier molecular flexibility index (Phi) is 6.27. The zero-order valence-electron chi connectivity index (χ0n) is 15.9. The van der Waals surface area contributed by atoms with Crippen molar-refractivity contribution in [2.45, 2.75) is 26.7 Å². The summed E-state index contributed by atoms with van der Waals surface area (Å²) in [6, 6.07) is 3.70. The van der Waals surface area contributed by atoms with Crippen LogP contribution in [0, 0.1) is 12.3 Å². The van der Waals surface area contributed by atoms with Gasteiger partial charge in [-0.25, -0.2) is 4.98 Å². The lowest BCUT2D eigenvalue weighted by Crippen LogP contribution is -2.28. The molecule has 0 atom stereocenters. The highest BCUT2D eigenvalue weighted by atomic mass is 16.2. The van der Waals surface area contributed by atoms with Gasteiger partial charge in [0, 0.05) is 38.4 Å². The van der Waals surface area contributed by atoms with Gasteiger partial charge < -0.3 is 20.9 Å². The zero-order chi connectivity index (χ0) is 19.3. The number of carbonyl (C=O) groups excluding carboxylic acids is 1. The first-order valence-electron chi connectivity index (χ1n) is 8.51. The lowest BCUT2D eigenvalue weighted by molar-refractivity contribution is -0.126. The minimum atomic E-state index is -0.0440. The molecule has 0 aliphatic rings. The van der Waals surface area contributed by atoms with Crippen LogP contribution in [0.15, 0.2) is 24.5 Å². The highest BCUT2D eigenvalue weighted by Crippen LogP contribution is 2.30. The van der Waals surface area contributed by atoms with E-state index in [0.717, 1.165) is 16.9 Å². The first-order chi connectivity index (χ1) is 12.3. The molecular weight excluding hydrogens is 328 g/mol. The molecule has 7 nitrogen and oxygen atoms in total. The van der Waals surface area contributed by atoms with Gasteiger partial charge >= 0.3 is 0 Å². The van der Waals surface area contributed by atoms with Gasteiger partial charge in [0.25, 0.3) is 0 Å². The highest BCUT2D eigenvalue weighted by Gasteiger charge is 2.15. The maximum Gasteiger partial charge on any atom is 0.241 e. The molecule has 0 spiro atoms. The summed E-state index contributed by atoms with van der Waals surface area (Å²) in [6.07, 6.45) is 4.68. The van der Waals surface area contributed by atoms with Crippen LogP contribution in [-0.2, 0) is 4.79 Å². The molecular formula is C19H26N6O. The second-order valence-corrected chi connectivity index (χ2v) is 6.57. The minimum Gasteiger partial charge on any atom is -0.375 e. The Bertz CT molecular complexity index is 801. The fraction of sp³-hybridized carbons (Fsp3) is 0.368. The molecule has 0 fully saturated rings. The molecule has 0 aliphatic heterocycles. The molecule has 0 unspecified atom stereocenters. The van der Waals surface area contributed by atoms with Crippen LogP contribution in [0.5, 0.6) is 0 Å². The number of hydrogen-bond acceptors (Lipinski definition) is 6. The van der Waals surface area contributed by atoms with Crippen LogP contribution in [0.3, 0.4) is 0 Å². The minimum absolute atomic E-state index is 0.0440. The summed E-state index contributed by atoms with van der Waals surface area (Å²) in [4.78, 5) is 22.2. The average Bonchev–Trinajstić information content (AvgIpc) is 2.60. The predicted molar refractivity (Wildman–Crippen MR) is 106 cm³/mol. The van der Waals surface area contributed by atoms with E-state index in [1.165, 1.54) is 11.1 Å². The SMILES string of the molecule is Cc1ccnc(C(C)C)c1Nc1nccc(NCC(=O)N(C)C)c1C=N. The van der Waals surface area contributed by atoms with Gasteiger partial charge in [0.05, 0.1) is 23.5 Å². The van der Waals surface area contributed by atoms with Gasteiger partial charge in [-0.3, -0.25) is 9.78 Å². The van der Waals surface area contributed by atoms with E-state index in [4.69, 9.17) is 5.41 Å². The third-order valence-corrected chi connectivity index (χ3v) is 4.04. The Labute approximate surface area is 154 Å². The molecule has 0 saturated heterocycles. The lowest BCUT2D eigenvalue weighted by Gasteiger charge is -2.18. The average molecular weight is 354 g/mol. The molecule has 7 heteroatoms. The summed E-state index contributed by atoms with van der Waals surface area (Å²) >= 11 is 0. The van der Waals surface area contributed by atoms with E-state index in [-0.39, 0.29) is 18.4 Å². The Balaban J connectivity index is 2.36. The van der Waals surface area contributed by atoms with Crippen LogP contribution >= 0.6 is 0 Å². The van der Waals surface area contributed by atoms with Crippen molar-refractivity contribution < 1.29 is 4.79 Å². The summed E-state index contributed by atoms with van der Waals surface area (Å²) in [7, 11) is 3.42. The van der Waals surface area contributed by atoms with E-state index in [2.05, 4.69) is 34.4 Å². The van der Waals surface area contributed by atoms with Gasteiger partial charge in [0.15, 0.2) is 0 Å². The number of likely N-dealkylation sites (N-methyl/N-ethyl adjacent to an activating group) is 1. The quantitative estimate of drug-likeness (QED) is 0.664. The summed E-state index contributed by atoms with van der Waals surface area (Å²) in [5.74, 6) is 0.762. The summed E-state index contributed by atoms with van der Waals surface area (Å²) in [5.41, 5.74) is 4.18. The summed E-state index contributed by atoms with van der Waals surface area (Å²) in [6.45, 7) is 6.34. The normalized spacial score (nSPS) is 10.5. The maximum atomic E-state index is 11.8. The maximum absolute atomic E-state index is 11.8. The largest absolute Gasteiger partial charge is 0.375 e. The van der Waals surface area contributed by atoms with Crippen LogP contribution in [0.4, 0.5) is 17.2 Å². The fourth-order valence-corrected chi connectivity index (χ4v) is 2.50. The molecule has 2 heterocycles. The topological polar surface area (TPSA) is 94.0 Å². The molecule has 138 valence electrons. The number of rotatable bonds is 7. The first kappa shape index (κ1) is 19.4. The molecule has 2 rings (SSSR count). The van der Waals surface area contributed by atoms with E-state index in [1.54, 1.807) is 32.6 Å². The van der Waals surface area contributed by atoms with Gasteiger partial charge in [0.2, 0.25) is 5.91 Å². The van der Waals surface area contributed by atoms with Gasteiger partial charge in [-0.1, -0.05) is 13.8 Å². The molecule has 2 aromatic rings. The van der Waals surface area contributed by atoms with E-state index in [9.17, 15) is 4.79 Å². The van der Waals surface area contributed by atoms with Gasteiger partial charge in [-0.2, -0.15) is 0 Å². The van der Waals surface area contributed by atoms with Gasteiger partial charge in [-0.05, 0) is 30.5 Å². The van der Waals surface area contributed by atoms with E-state index < -0.39 is 0 Å². The van der Waals surface area contributed by atoms with Crippen molar-refractivity contribution in [3.8, 4) is 0 Å². The molecule has 1 amide bonds. The van der Waals surface area contributed by atoms with Crippen LogP contribution in [0.25, 0.3) is 0 Å². The molecule has 0 radical (unpaired) electrons. The van der Waals surface area contributed by atoms with Crippen molar-refractivity contribution in [2.24, 2.45) is 0 Å². The van der Waals surface area contributed by atoms with Gasteiger partial charge in [0.1, 0.15) is 5.82 Å². The number of aromatic nitrogens is 2. The van der Waals surface area contributed by atoms with E-state index >= 15 is 0 Å². The van der Waals surface area contributed by atoms with E-state index in [0.29, 0.717) is 17.1 Å². The third-order valence-electron chi connectivity index (χ3n) is 4.04. The van der Waals surface area contributed by atoms with Crippen molar-refractivity contribution in [3.05, 3.63) is 41.3 Å². The predicted octanol–water partition coefficient (Wildman–Crippen LogP) is 3.15. The standard InChI is InChI=1S/C19H26N6O/c1-12(2)17-18(13(3)6-8-21-17)24-19-14(10-20)15(7-9-22-19)23-11-16(26)25(4)5/h6-10,12,20H,11H2,1-5H3,(H2,22,23,24). The van der Waals surface area contributed by atoms with Crippen LogP contribution < -0.4 is 10.6 Å². The van der Waals surface area contributed by atoms with Crippen molar-refractivity contribution in [3.63, 3.8) is 0 Å². The molecule has 0 aromatic carbocycles. The number of amides is 1. The number of nitrogens with zero attached hydrogens (tertiary/aromatic N) is 3. The second-order valence-electron chi connectivity index (χ2n) is 6.57. The Morgan fingerprint density at radius 2 is 1.96 bits per heavy atom. The second kappa shape index (κ2) is 8.42. The summed E-state index contributed by atoms with van der Waals surface area (Å²) in [5, 5.41) is 14.2. The highest BCUT2D eigenvalue weighted by molar-refractivity contribution is 5.94. The van der Waals surface area contributed by atoms with Crippen molar-refractivity contribution in [2.75, 3.05) is 31.3 Å². The molecule has 0 saturated carbocycles. The van der Waals surface area contributed by atoms with Crippen LogP contribution in [0.1, 0.15) is 36.6 Å². The third kappa shape index (κ3) is 4.36. The fourth-order valence-electron chi connectivity index (χ4n) is 2.50. The number of nitrogens with one attached hydrogen (secondary N) is 3. The molecule has 0 aliphatic carbocycles. The molecule has 2 aromatic heterocycles. The Morgan fingerprint density at radius 1 is 1.27 bits per heavy atom. The number of pyridine rings is 2. The number of carbonyl (C=O) groups is 1. The van der Waals surface area contributed by atoms with Crippen molar-refractivity contribution in [1.29, 1.82) is 5.41 Å². The lowest BCUT2D eigenvalue weighted by atomic mass is 10.0. The van der Waals surface area contributed by atoms with Crippen LogP contribution in [0.2, 0.25) is 0 Å². The number of anilines is 3. The number of hydrogen-bond donors (Lipinski definition) is 3. The smallest absolute Gasteiger partial charge is 0.241 e.